The molecule has 1 fully saturated rings. The summed E-state index contributed by atoms with van der Waals surface area (Å²) in [6.07, 6.45) is 8.78. The first-order valence-electron chi connectivity index (χ1n) is 6.67. The maximum Gasteiger partial charge on any atom is 0.158 e. The van der Waals surface area contributed by atoms with Crippen LogP contribution in [0.15, 0.2) is 12.4 Å². The number of nitrogens with one attached hydrogen (secondary N) is 1. The monoisotopic (exact) mass is 249 g/mol. The number of nitrogen functional groups attached to an aromatic ring is 1. The second-order valence-electron chi connectivity index (χ2n) is 5.38. The Labute approximate surface area is 109 Å². The minimum Gasteiger partial charge on any atom is -0.307 e. The van der Waals surface area contributed by atoms with Crippen molar-refractivity contribution in [2.75, 3.05) is 12.5 Å². The summed E-state index contributed by atoms with van der Waals surface area (Å²) in [4.78, 5) is 10.9. The highest BCUT2D eigenvalue weighted by molar-refractivity contribution is 5.28. The molecule has 0 aliphatic heterocycles. The molecule has 2 unspecified atom stereocenters. The van der Waals surface area contributed by atoms with Crippen LogP contribution in [0, 0.1) is 5.92 Å². The maximum absolute atomic E-state index is 5.27. The van der Waals surface area contributed by atoms with E-state index in [1.165, 1.54) is 25.7 Å². The molecule has 0 saturated heterocycles. The quantitative estimate of drug-likeness (QED) is 0.629. The average Bonchev–Trinajstić information content (AvgIpc) is 2.39. The molecule has 0 aromatic carbocycles. The molecule has 0 spiro atoms. The number of anilines is 1. The van der Waals surface area contributed by atoms with Crippen molar-refractivity contribution >= 4 is 5.82 Å². The molecule has 1 aliphatic rings. The molecule has 1 saturated carbocycles. The lowest BCUT2D eigenvalue weighted by molar-refractivity contribution is 0.156. The van der Waals surface area contributed by atoms with E-state index in [9.17, 15) is 0 Å². The molecular weight excluding hydrogens is 226 g/mol. The molecule has 2 atom stereocenters. The first-order valence-corrected chi connectivity index (χ1v) is 6.67. The van der Waals surface area contributed by atoms with Gasteiger partial charge in [-0.25, -0.2) is 10.8 Å². The number of nitrogens with zero attached hydrogens (tertiary/aromatic N) is 3. The Morgan fingerprint density at radius 2 is 2.22 bits per heavy atom. The Balaban J connectivity index is 1.91. The zero-order chi connectivity index (χ0) is 13.0. The number of nitrogens with two attached hydrogens (primary N) is 1. The Kier molecular flexibility index (Phi) is 4.49. The molecule has 3 N–H and O–H groups in total. The van der Waals surface area contributed by atoms with E-state index in [1.54, 1.807) is 12.4 Å². The van der Waals surface area contributed by atoms with Crippen molar-refractivity contribution in [2.24, 2.45) is 11.8 Å². The molecule has 5 heteroatoms. The lowest BCUT2D eigenvalue weighted by Crippen LogP contribution is -2.35. The predicted molar refractivity (Wildman–Crippen MR) is 72.7 cm³/mol. The SMILES string of the molecule is CC1CCCC(N(C)Cc2cnc(NN)cn2)C1. The van der Waals surface area contributed by atoms with Crippen molar-refractivity contribution in [3.05, 3.63) is 18.1 Å². The van der Waals surface area contributed by atoms with Crippen LogP contribution in [-0.2, 0) is 6.54 Å². The van der Waals surface area contributed by atoms with Crippen LogP contribution in [0.25, 0.3) is 0 Å². The average molecular weight is 249 g/mol. The summed E-state index contributed by atoms with van der Waals surface area (Å²) in [7, 11) is 2.18. The number of rotatable bonds is 4. The molecule has 1 aromatic rings. The van der Waals surface area contributed by atoms with Crippen molar-refractivity contribution in [3.8, 4) is 0 Å². The summed E-state index contributed by atoms with van der Waals surface area (Å²) in [5.41, 5.74) is 3.48. The van der Waals surface area contributed by atoms with Crippen LogP contribution >= 0.6 is 0 Å². The fourth-order valence-electron chi connectivity index (χ4n) is 2.70. The first-order chi connectivity index (χ1) is 8.69. The normalized spacial score (nSPS) is 24.2. The number of hydrogen-bond acceptors (Lipinski definition) is 5. The van der Waals surface area contributed by atoms with E-state index in [4.69, 9.17) is 5.84 Å². The van der Waals surface area contributed by atoms with Gasteiger partial charge in [-0.1, -0.05) is 19.8 Å². The minimum atomic E-state index is 0.604. The minimum absolute atomic E-state index is 0.604. The molecule has 1 aromatic heterocycles. The van der Waals surface area contributed by atoms with Gasteiger partial charge in [0.1, 0.15) is 0 Å². The second-order valence-corrected chi connectivity index (χ2v) is 5.38. The lowest BCUT2D eigenvalue weighted by atomic mass is 9.86. The summed E-state index contributed by atoms with van der Waals surface area (Å²) < 4.78 is 0. The van der Waals surface area contributed by atoms with Gasteiger partial charge in [-0.2, -0.15) is 0 Å². The van der Waals surface area contributed by atoms with Gasteiger partial charge in [0.05, 0.1) is 18.1 Å². The van der Waals surface area contributed by atoms with E-state index in [0.29, 0.717) is 11.9 Å². The summed E-state index contributed by atoms with van der Waals surface area (Å²) in [6, 6.07) is 0.683. The van der Waals surface area contributed by atoms with Gasteiger partial charge in [0.25, 0.3) is 0 Å². The lowest BCUT2D eigenvalue weighted by Gasteiger charge is -2.33. The van der Waals surface area contributed by atoms with Gasteiger partial charge in [-0.05, 0) is 25.8 Å². The molecule has 18 heavy (non-hydrogen) atoms. The molecule has 0 radical (unpaired) electrons. The highest BCUT2D eigenvalue weighted by atomic mass is 15.3. The van der Waals surface area contributed by atoms with Gasteiger partial charge in [0, 0.05) is 12.6 Å². The van der Waals surface area contributed by atoms with E-state index in [2.05, 4.69) is 34.3 Å². The molecule has 1 aliphatic carbocycles. The first kappa shape index (κ1) is 13.2. The van der Waals surface area contributed by atoms with Crippen LogP contribution in [0.5, 0.6) is 0 Å². The van der Waals surface area contributed by atoms with Gasteiger partial charge >= 0.3 is 0 Å². The molecule has 0 bridgehead atoms. The largest absolute Gasteiger partial charge is 0.307 e. The highest BCUT2D eigenvalue weighted by Gasteiger charge is 2.22. The third kappa shape index (κ3) is 3.40. The zero-order valence-electron chi connectivity index (χ0n) is 11.3. The Bertz CT molecular complexity index is 364. The van der Waals surface area contributed by atoms with Crippen molar-refractivity contribution < 1.29 is 0 Å². The molecular formula is C13H23N5. The third-order valence-corrected chi connectivity index (χ3v) is 3.80. The van der Waals surface area contributed by atoms with Gasteiger partial charge in [-0.3, -0.25) is 9.88 Å². The highest BCUT2D eigenvalue weighted by Crippen LogP contribution is 2.27. The summed E-state index contributed by atoms with van der Waals surface area (Å²) in [6.45, 7) is 3.21. The van der Waals surface area contributed by atoms with Gasteiger partial charge in [0.15, 0.2) is 5.82 Å². The smallest absolute Gasteiger partial charge is 0.158 e. The Morgan fingerprint density at radius 1 is 1.39 bits per heavy atom. The van der Waals surface area contributed by atoms with Crippen molar-refractivity contribution in [2.45, 2.75) is 45.2 Å². The van der Waals surface area contributed by atoms with E-state index in [0.717, 1.165) is 18.2 Å². The van der Waals surface area contributed by atoms with E-state index < -0.39 is 0 Å². The topological polar surface area (TPSA) is 67.1 Å². The zero-order valence-corrected chi connectivity index (χ0v) is 11.3. The summed E-state index contributed by atoms with van der Waals surface area (Å²) in [5, 5.41) is 0. The van der Waals surface area contributed by atoms with Crippen LogP contribution in [-0.4, -0.2) is 28.0 Å². The second kappa shape index (κ2) is 6.11. The van der Waals surface area contributed by atoms with Crippen molar-refractivity contribution in [1.29, 1.82) is 0 Å². The number of hydrogen-bond donors (Lipinski definition) is 2. The van der Waals surface area contributed by atoms with Crippen LogP contribution in [0.3, 0.4) is 0 Å². The maximum atomic E-state index is 5.27. The van der Waals surface area contributed by atoms with Crippen LogP contribution in [0.2, 0.25) is 0 Å². The van der Waals surface area contributed by atoms with E-state index in [-0.39, 0.29) is 0 Å². The number of aromatic nitrogens is 2. The van der Waals surface area contributed by atoms with Crippen LogP contribution in [0.1, 0.15) is 38.3 Å². The van der Waals surface area contributed by atoms with Crippen molar-refractivity contribution in [1.82, 2.24) is 14.9 Å². The van der Waals surface area contributed by atoms with Gasteiger partial charge in [0.2, 0.25) is 0 Å². The standard InChI is InChI=1S/C13H23N5/c1-10-4-3-5-12(6-10)18(2)9-11-7-16-13(17-14)8-15-11/h7-8,10,12H,3-6,9,14H2,1-2H3,(H,16,17). The van der Waals surface area contributed by atoms with E-state index in [1.807, 2.05) is 0 Å². The molecule has 5 nitrogen and oxygen atoms in total. The predicted octanol–water partition coefficient (Wildman–Crippen LogP) is 1.77. The van der Waals surface area contributed by atoms with E-state index >= 15 is 0 Å². The summed E-state index contributed by atoms with van der Waals surface area (Å²) in [5.74, 6) is 6.72. The summed E-state index contributed by atoms with van der Waals surface area (Å²) >= 11 is 0. The van der Waals surface area contributed by atoms with Gasteiger partial charge < -0.3 is 5.43 Å². The Hall–Kier alpha value is -1.20. The van der Waals surface area contributed by atoms with Crippen LogP contribution < -0.4 is 11.3 Å². The molecule has 1 heterocycles. The fourth-order valence-corrected chi connectivity index (χ4v) is 2.70. The third-order valence-electron chi connectivity index (χ3n) is 3.80. The van der Waals surface area contributed by atoms with Gasteiger partial charge in [-0.15, -0.1) is 0 Å². The van der Waals surface area contributed by atoms with Crippen LogP contribution in [0.4, 0.5) is 5.82 Å². The Morgan fingerprint density at radius 3 is 2.83 bits per heavy atom. The fraction of sp³-hybridized carbons (Fsp3) is 0.692. The molecule has 0 amide bonds. The number of hydrazine groups is 1. The molecule has 2 rings (SSSR count). The molecule has 100 valence electrons. The van der Waals surface area contributed by atoms with Crippen molar-refractivity contribution in [3.63, 3.8) is 0 Å².